The molecule has 1 aromatic heterocycles. The monoisotopic (exact) mass is 262 g/mol. The second-order valence-corrected chi connectivity index (χ2v) is 4.78. The van der Waals surface area contributed by atoms with E-state index in [4.69, 9.17) is 5.73 Å². The van der Waals surface area contributed by atoms with Crippen LogP contribution in [0.4, 0.5) is 5.69 Å². The molecular weight excluding hydrogens is 248 g/mol. The highest BCUT2D eigenvalue weighted by atomic mass is 32.2. The van der Waals surface area contributed by atoms with Crippen LogP contribution in [0.25, 0.3) is 0 Å². The van der Waals surface area contributed by atoms with Gasteiger partial charge in [0, 0.05) is 12.1 Å². The Hall–Kier alpha value is -1.82. The molecule has 94 valence electrons. The zero-order valence-corrected chi connectivity index (χ0v) is 11.0. The van der Waals surface area contributed by atoms with Crippen molar-refractivity contribution in [1.29, 1.82) is 0 Å². The maximum Gasteiger partial charge on any atom is 0.273 e. The lowest BCUT2D eigenvalue weighted by Crippen LogP contribution is -2.18. The van der Waals surface area contributed by atoms with E-state index in [0.717, 1.165) is 11.1 Å². The summed E-state index contributed by atoms with van der Waals surface area (Å²) in [5, 5.41) is 8.37. The Labute approximate surface area is 109 Å². The van der Waals surface area contributed by atoms with Gasteiger partial charge in [-0.05, 0) is 30.4 Å². The molecule has 0 saturated heterocycles. The molecule has 3 N–H and O–H groups in total. The summed E-state index contributed by atoms with van der Waals surface area (Å²) >= 11 is 1.35. The van der Waals surface area contributed by atoms with Crippen LogP contribution >= 0.6 is 11.8 Å². The van der Waals surface area contributed by atoms with E-state index in [-0.39, 0.29) is 5.56 Å². The molecule has 1 heterocycles. The van der Waals surface area contributed by atoms with Crippen LogP contribution in [0, 0.1) is 6.92 Å². The Balaban J connectivity index is 2.31. The van der Waals surface area contributed by atoms with Crippen molar-refractivity contribution >= 4 is 17.4 Å². The van der Waals surface area contributed by atoms with Crippen molar-refractivity contribution in [2.24, 2.45) is 0 Å². The van der Waals surface area contributed by atoms with Crippen molar-refractivity contribution in [3.63, 3.8) is 0 Å². The quantitative estimate of drug-likeness (QED) is 0.644. The number of hydrogen-bond donors (Lipinski definition) is 2. The average Bonchev–Trinajstić information content (AvgIpc) is 2.34. The van der Waals surface area contributed by atoms with Gasteiger partial charge in [-0.2, -0.15) is 0 Å². The van der Waals surface area contributed by atoms with Crippen molar-refractivity contribution < 1.29 is 0 Å². The molecular formula is C12H14N4OS. The standard InChI is InChI=1S/C12H14N4OS/c1-7-3-4-8(9(13)5-7)6-10-11(17)14-12(18-2)16-15-10/h3-5H,6,13H2,1-2H3,(H,14,16,17). The molecule has 5 nitrogen and oxygen atoms in total. The molecule has 2 rings (SSSR count). The van der Waals surface area contributed by atoms with Gasteiger partial charge in [0.2, 0.25) is 0 Å². The smallest absolute Gasteiger partial charge is 0.273 e. The summed E-state index contributed by atoms with van der Waals surface area (Å²) in [5.41, 5.74) is 8.72. The van der Waals surface area contributed by atoms with E-state index in [9.17, 15) is 4.79 Å². The van der Waals surface area contributed by atoms with Crippen molar-refractivity contribution in [2.75, 3.05) is 12.0 Å². The second-order valence-electron chi connectivity index (χ2n) is 3.99. The number of nitrogens with zero attached hydrogens (tertiary/aromatic N) is 2. The van der Waals surface area contributed by atoms with Gasteiger partial charge in [0.05, 0.1) is 0 Å². The highest BCUT2D eigenvalue weighted by molar-refractivity contribution is 7.98. The highest BCUT2D eigenvalue weighted by Crippen LogP contribution is 2.16. The van der Waals surface area contributed by atoms with E-state index in [1.54, 1.807) is 0 Å². The van der Waals surface area contributed by atoms with Crippen molar-refractivity contribution in [3.05, 3.63) is 45.4 Å². The van der Waals surface area contributed by atoms with Gasteiger partial charge in [-0.1, -0.05) is 23.9 Å². The topological polar surface area (TPSA) is 84.7 Å². The Morgan fingerprint density at radius 3 is 2.78 bits per heavy atom. The van der Waals surface area contributed by atoms with Gasteiger partial charge < -0.3 is 5.73 Å². The minimum absolute atomic E-state index is 0.214. The van der Waals surface area contributed by atoms with Crippen LogP contribution in [0.15, 0.2) is 28.2 Å². The van der Waals surface area contributed by atoms with Crippen LogP contribution in [-0.4, -0.2) is 21.4 Å². The van der Waals surface area contributed by atoms with Gasteiger partial charge in [0.25, 0.3) is 5.56 Å². The number of nitrogen functional groups attached to an aromatic ring is 1. The molecule has 0 aliphatic carbocycles. The third-order valence-corrected chi connectivity index (χ3v) is 3.17. The van der Waals surface area contributed by atoms with Gasteiger partial charge in [-0.15, -0.1) is 10.2 Å². The van der Waals surface area contributed by atoms with E-state index < -0.39 is 0 Å². The SMILES string of the molecule is CSc1nnc(Cc2ccc(C)cc2N)c(=O)[nH]1. The molecule has 0 spiro atoms. The summed E-state index contributed by atoms with van der Waals surface area (Å²) < 4.78 is 0. The van der Waals surface area contributed by atoms with Crippen molar-refractivity contribution in [3.8, 4) is 0 Å². The molecule has 18 heavy (non-hydrogen) atoms. The fourth-order valence-electron chi connectivity index (χ4n) is 1.61. The summed E-state index contributed by atoms with van der Waals surface area (Å²) in [6, 6.07) is 5.76. The summed E-state index contributed by atoms with van der Waals surface area (Å²) in [6.07, 6.45) is 2.22. The first-order valence-corrected chi connectivity index (χ1v) is 6.67. The second kappa shape index (κ2) is 5.22. The summed E-state index contributed by atoms with van der Waals surface area (Å²) in [4.78, 5) is 14.4. The number of H-pyrrole nitrogens is 1. The Morgan fingerprint density at radius 2 is 2.17 bits per heavy atom. The number of anilines is 1. The number of hydrogen-bond acceptors (Lipinski definition) is 5. The molecule has 0 fully saturated rings. The average molecular weight is 262 g/mol. The number of thioether (sulfide) groups is 1. The number of rotatable bonds is 3. The van der Waals surface area contributed by atoms with E-state index in [2.05, 4.69) is 15.2 Å². The predicted octanol–water partition coefficient (Wildman–Crippen LogP) is 1.37. The third-order valence-electron chi connectivity index (χ3n) is 2.60. The number of benzene rings is 1. The van der Waals surface area contributed by atoms with Crippen LogP contribution < -0.4 is 11.3 Å². The minimum atomic E-state index is -0.214. The fraction of sp³-hybridized carbons (Fsp3) is 0.250. The summed E-state index contributed by atoms with van der Waals surface area (Å²) in [6.45, 7) is 1.97. The molecule has 0 aliphatic rings. The van der Waals surface area contributed by atoms with Crippen LogP contribution in [-0.2, 0) is 6.42 Å². The number of aromatic amines is 1. The predicted molar refractivity (Wildman–Crippen MR) is 72.8 cm³/mol. The highest BCUT2D eigenvalue weighted by Gasteiger charge is 2.08. The Morgan fingerprint density at radius 1 is 1.39 bits per heavy atom. The number of nitrogens with two attached hydrogens (primary N) is 1. The van der Waals surface area contributed by atoms with Gasteiger partial charge in [-0.3, -0.25) is 9.78 Å². The van der Waals surface area contributed by atoms with Crippen molar-refractivity contribution in [1.82, 2.24) is 15.2 Å². The molecule has 2 aromatic rings. The lowest BCUT2D eigenvalue weighted by atomic mass is 10.1. The first kappa shape index (κ1) is 12.6. The molecule has 0 amide bonds. The number of aromatic nitrogens is 3. The summed E-state index contributed by atoms with van der Waals surface area (Å²) in [5.74, 6) is 0. The molecule has 0 bridgehead atoms. The first-order chi connectivity index (χ1) is 8.60. The minimum Gasteiger partial charge on any atom is -0.398 e. The van der Waals surface area contributed by atoms with Crippen LogP contribution in [0.3, 0.4) is 0 Å². The first-order valence-electron chi connectivity index (χ1n) is 5.45. The normalized spacial score (nSPS) is 10.6. The number of aryl methyl sites for hydroxylation is 1. The Kier molecular flexibility index (Phi) is 3.66. The van der Waals surface area contributed by atoms with Crippen LogP contribution in [0.1, 0.15) is 16.8 Å². The van der Waals surface area contributed by atoms with E-state index in [1.807, 2.05) is 31.4 Å². The van der Waals surface area contributed by atoms with Crippen LogP contribution in [0.5, 0.6) is 0 Å². The van der Waals surface area contributed by atoms with E-state index >= 15 is 0 Å². The maximum atomic E-state index is 11.8. The summed E-state index contributed by atoms with van der Waals surface area (Å²) in [7, 11) is 0. The zero-order valence-electron chi connectivity index (χ0n) is 10.2. The van der Waals surface area contributed by atoms with E-state index in [1.165, 1.54) is 11.8 Å². The molecule has 0 unspecified atom stereocenters. The molecule has 1 aromatic carbocycles. The Bertz CT molecular complexity index is 624. The molecule has 6 heteroatoms. The van der Waals surface area contributed by atoms with Gasteiger partial charge in [-0.25, -0.2) is 0 Å². The molecule has 0 atom stereocenters. The van der Waals surface area contributed by atoms with Gasteiger partial charge >= 0.3 is 0 Å². The molecule has 0 aliphatic heterocycles. The zero-order chi connectivity index (χ0) is 13.1. The fourth-order valence-corrected chi connectivity index (χ4v) is 1.93. The lowest BCUT2D eigenvalue weighted by Gasteiger charge is -2.05. The van der Waals surface area contributed by atoms with Crippen molar-refractivity contribution in [2.45, 2.75) is 18.5 Å². The largest absolute Gasteiger partial charge is 0.398 e. The number of nitrogens with one attached hydrogen (secondary N) is 1. The van der Waals surface area contributed by atoms with E-state index in [0.29, 0.717) is 23.0 Å². The lowest BCUT2D eigenvalue weighted by molar-refractivity contribution is 0.774. The molecule has 0 radical (unpaired) electrons. The third kappa shape index (κ3) is 2.70. The van der Waals surface area contributed by atoms with Gasteiger partial charge in [0.1, 0.15) is 5.69 Å². The maximum absolute atomic E-state index is 11.8. The van der Waals surface area contributed by atoms with Gasteiger partial charge in [0.15, 0.2) is 5.16 Å². The van der Waals surface area contributed by atoms with Crippen LogP contribution in [0.2, 0.25) is 0 Å². The molecule has 0 saturated carbocycles.